The number of rotatable bonds is 7. The van der Waals surface area contributed by atoms with Crippen LogP contribution in [0, 0.1) is 12.8 Å². The summed E-state index contributed by atoms with van der Waals surface area (Å²) in [6.45, 7) is 6.45. The molecule has 2 rings (SSSR count). The van der Waals surface area contributed by atoms with Gasteiger partial charge in [-0.3, -0.25) is 9.48 Å². The van der Waals surface area contributed by atoms with Gasteiger partial charge in [-0.25, -0.2) is 4.98 Å². The lowest BCUT2D eigenvalue weighted by molar-refractivity contribution is -0.129. The van der Waals surface area contributed by atoms with Crippen LogP contribution in [0.5, 0.6) is 5.75 Å². The summed E-state index contributed by atoms with van der Waals surface area (Å²) in [6.07, 6.45) is 1.63. The standard InChI is InChI=1S/C17H24N4O2/c1-12(2)16(23-14-7-5-6-13(3)10-14)17(22)18-9-8-15-19-11-20-21(15)4/h5-7,10-12,16H,8-9H2,1-4H3,(H,18,22). The summed E-state index contributed by atoms with van der Waals surface area (Å²) in [5, 5.41) is 6.93. The minimum atomic E-state index is -0.517. The molecule has 0 aliphatic heterocycles. The zero-order chi connectivity index (χ0) is 16.8. The van der Waals surface area contributed by atoms with Gasteiger partial charge in [-0.15, -0.1) is 0 Å². The Kier molecular flexibility index (Phi) is 5.73. The van der Waals surface area contributed by atoms with Crippen molar-refractivity contribution in [3.05, 3.63) is 42.0 Å². The smallest absolute Gasteiger partial charge is 0.261 e. The van der Waals surface area contributed by atoms with Crippen LogP contribution in [0.1, 0.15) is 25.2 Å². The second kappa shape index (κ2) is 7.76. The fraction of sp³-hybridized carbons (Fsp3) is 0.471. The van der Waals surface area contributed by atoms with Crippen LogP contribution in [0.2, 0.25) is 0 Å². The van der Waals surface area contributed by atoms with Gasteiger partial charge in [-0.1, -0.05) is 26.0 Å². The maximum atomic E-state index is 12.4. The molecule has 1 N–H and O–H groups in total. The Labute approximate surface area is 136 Å². The SMILES string of the molecule is Cc1cccc(OC(C(=O)NCCc2ncnn2C)C(C)C)c1. The van der Waals surface area contributed by atoms with Gasteiger partial charge in [-0.2, -0.15) is 5.10 Å². The Bertz CT molecular complexity index is 652. The molecule has 23 heavy (non-hydrogen) atoms. The van der Waals surface area contributed by atoms with Crippen LogP contribution >= 0.6 is 0 Å². The average Bonchev–Trinajstić information content (AvgIpc) is 2.90. The predicted molar refractivity (Wildman–Crippen MR) is 88.1 cm³/mol. The van der Waals surface area contributed by atoms with Gasteiger partial charge in [0.1, 0.15) is 17.9 Å². The van der Waals surface area contributed by atoms with Gasteiger partial charge in [0.25, 0.3) is 5.91 Å². The normalized spacial score (nSPS) is 12.2. The molecule has 1 aromatic heterocycles. The molecule has 1 atom stereocenters. The maximum Gasteiger partial charge on any atom is 0.261 e. The molecule has 0 fully saturated rings. The van der Waals surface area contributed by atoms with Crippen molar-refractivity contribution in [1.29, 1.82) is 0 Å². The van der Waals surface area contributed by atoms with Gasteiger partial charge in [0.05, 0.1) is 0 Å². The molecule has 6 nitrogen and oxygen atoms in total. The highest BCUT2D eigenvalue weighted by atomic mass is 16.5. The van der Waals surface area contributed by atoms with Gasteiger partial charge >= 0.3 is 0 Å². The molecule has 124 valence electrons. The quantitative estimate of drug-likeness (QED) is 0.847. The fourth-order valence-corrected chi connectivity index (χ4v) is 2.27. The van der Waals surface area contributed by atoms with E-state index in [0.717, 1.165) is 11.4 Å². The van der Waals surface area contributed by atoms with E-state index in [1.165, 1.54) is 6.33 Å². The number of nitrogens with one attached hydrogen (secondary N) is 1. The third-order valence-corrected chi connectivity index (χ3v) is 3.57. The average molecular weight is 316 g/mol. The molecule has 0 saturated heterocycles. The van der Waals surface area contributed by atoms with Crippen LogP contribution in [0.4, 0.5) is 0 Å². The van der Waals surface area contributed by atoms with E-state index in [1.54, 1.807) is 4.68 Å². The number of benzene rings is 1. The Morgan fingerprint density at radius 2 is 2.17 bits per heavy atom. The number of hydrogen-bond acceptors (Lipinski definition) is 4. The number of carbonyl (C=O) groups excluding carboxylic acids is 1. The van der Waals surface area contributed by atoms with E-state index in [4.69, 9.17) is 4.74 Å². The Morgan fingerprint density at radius 1 is 1.39 bits per heavy atom. The zero-order valence-corrected chi connectivity index (χ0v) is 14.1. The molecule has 1 unspecified atom stereocenters. The molecular formula is C17H24N4O2. The minimum absolute atomic E-state index is 0.0744. The largest absolute Gasteiger partial charge is 0.480 e. The van der Waals surface area contributed by atoms with E-state index in [-0.39, 0.29) is 11.8 Å². The number of aromatic nitrogens is 3. The maximum absolute atomic E-state index is 12.4. The van der Waals surface area contributed by atoms with Gasteiger partial charge in [-0.05, 0) is 30.5 Å². The van der Waals surface area contributed by atoms with E-state index >= 15 is 0 Å². The van der Waals surface area contributed by atoms with Crippen molar-refractivity contribution in [3.63, 3.8) is 0 Å². The predicted octanol–water partition coefficient (Wildman–Crippen LogP) is 1.89. The molecule has 0 aliphatic carbocycles. The Morgan fingerprint density at radius 3 is 2.78 bits per heavy atom. The highest BCUT2D eigenvalue weighted by Gasteiger charge is 2.24. The van der Waals surface area contributed by atoms with Crippen LogP contribution < -0.4 is 10.1 Å². The molecular weight excluding hydrogens is 292 g/mol. The molecule has 0 saturated carbocycles. The van der Waals surface area contributed by atoms with Gasteiger partial charge in [0.2, 0.25) is 0 Å². The van der Waals surface area contributed by atoms with Crippen LogP contribution in [0.15, 0.2) is 30.6 Å². The molecule has 0 bridgehead atoms. The Balaban J connectivity index is 1.92. The van der Waals surface area contributed by atoms with E-state index < -0.39 is 6.10 Å². The number of amides is 1. The molecule has 0 radical (unpaired) electrons. The summed E-state index contributed by atoms with van der Waals surface area (Å²) in [4.78, 5) is 16.5. The second-order valence-corrected chi connectivity index (χ2v) is 5.94. The van der Waals surface area contributed by atoms with Crippen LogP contribution in [-0.2, 0) is 18.3 Å². The summed E-state index contributed by atoms with van der Waals surface area (Å²) < 4.78 is 7.59. The van der Waals surface area contributed by atoms with Gasteiger partial charge < -0.3 is 10.1 Å². The van der Waals surface area contributed by atoms with E-state index in [9.17, 15) is 4.79 Å². The second-order valence-electron chi connectivity index (χ2n) is 5.94. The number of carbonyl (C=O) groups is 1. The third-order valence-electron chi connectivity index (χ3n) is 3.57. The van der Waals surface area contributed by atoms with Crippen LogP contribution in [0.25, 0.3) is 0 Å². The first-order valence-electron chi connectivity index (χ1n) is 7.81. The summed E-state index contributed by atoms with van der Waals surface area (Å²) in [5.41, 5.74) is 1.10. The first-order valence-corrected chi connectivity index (χ1v) is 7.81. The number of hydrogen-bond donors (Lipinski definition) is 1. The van der Waals surface area contributed by atoms with Crippen LogP contribution in [0.3, 0.4) is 0 Å². The summed E-state index contributed by atoms with van der Waals surface area (Å²) in [6, 6.07) is 7.73. The lowest BCUT2D eigenvalue weighted by atomic mass is 10.1. The fourth-order valence-electron chi connectivity index (χ4n) is 2.27. The summed E-state index contributed by atoms with van der Waals surface area (Å²) >= 11 is 0. The molecule has 1 aromatic carbocycles. The summed E-state index contributed by atoms with van der Waals surface area (Å²) in [5.74, 6) is 1.52. The monoisotopic (exact) mass is 316 g/mol. The summed E-state index contributed by atoms with van der Waals surface area (Å²) in [7, 11) is 1.84. The molecule has 1 amide bonds. The van der Waals surface area contributed by atoms with E-state index in [0.29, 0.717) is 18.7 Å². The van der Waals surface area contributed by atoms with Crippen molar-refractivity contribution < 1.29 is 9.53 Å². The minimum Gasteiger partial charge on any atom is -0.480 e. The highest BCUT2D eigenvalue weighted by Crippen LogP contribution is 2.17. The van der Waals surface area contributed by atoms with E-state index in [1.807, 2.05) is 52.1 Å². The van der Waals surface area contributed by atoms with Crippen LogP contribution in [-0.4, -0.2) is 33.3 Å². The van der Waals surface area contributed by atoms with Gasteiger partial charge in [0.15, 0.2) is 6.10 Å². The molecule has 2 aromatic rings. The van der Waals surface area contributed by atoms with Crippen molar-refractivity contribution in [2.45, 2.75) is 33.3 Å². The van der Waals surface area contributed by atoms with Gasteiger partial charge in [0, 0.05) is 20.0 Å². The third kappa shape index (κ3) is 4.81. The Hall–Kier alpha value is -2.37. The van der Waals surface area contributed by atoms with Crippen molar-refractivity contribution in [2.75, 3.05) is 6.54 Å². The lowest BCUT2D eigenvalue weighted by Gasteiger charge is -2.22. The first-order chi connectivity index (χ1) is 11.0. The topological polar surface area (TPSA) is 69.0 Å². The van der Waals surface area contributed by atoms with Crippen molar-refractivity contribution in [3.8, 4) is 5.75 Å². The molecule has 0 spiro atoms. The molecule has 1 heterocycles. The van der Waals surface area contributed by atoms with Crippen molar-refractivity contribution in [1.82, 2.24) is 20.1 Å². The van der Waals surface area contributed by atoms with Crippen molar-refractivity contribution in [2.24, 2.45) is 13.0 Å². The number of nitrogens with zero attached hydrogens (tertiary/aromatic N) is 3. The number of ether oxygens (including phenoxy) is 1. The highest BCUT2D eigenvalue weighted by molar-refractivity contribution is 5.81. The van der Waals surface area contributed by atoms with Crippen molar-refractivity contribution >= 4 is 5.91 Å². The molecule has 0 aliphatic rings. The molecule has 6 heteroatoms. The van der Waals surface area contributed by atoms with E-state index in [2.05, 4.69) is 15.4 Å². The number of aryl methyl sites for hydroxylation is 2. The zero-order valence-electron chi connectivity index (χ0n) is 14.1. The lowest BCUT2D eigenvalue weighted by Crippen LogP contribution is -2.42. The first kappa shape index (κ1) is 17.0.